The number of alkyl halides is 3. The largest absolute Gasteiger partial charge is 0.481 e. The summed E-state index contributed by atoms with van der Waals surface area (Å²) in [5.74, 6) is 0.283. The Morgan fingerprint density at radius 3 is 2.27 bits per heavy atom. The topological polar surface area (TPSA) is 9.23 Å². The maximum atomic E-state index is 12.2. The van der Waals surface area contributed by atoms with Gasteiger partial charge in [0.15, 0.2) is 6.10 Å². The molecule has 4 heteroatoms. The predicted molar refractivity (Wildman–Crippen MR) is 52.1 cm³/mol. The van der Waals surface area contributed by atoms with Crippen LogP contribution in [-0.2, 0) is 0 Å². The van der Waals surface area contributed by atoms with E-state index < -0.39 is 12.3 Å². The van der Waals surface area contributed by atoms with Crippen molar-refractivity contribution in [2.45, 2.75) is 33.1 Å². The summed E-state index contributed by atoms with van der Waals surface area (Å²) < 4.78 is 41.5. The number of hydrogen-bond donors (Lipinski definition) is 0. The maximum absolute atomic E-state index is 12.2. The van der Waals surface area contributed by atoms with Crippen molar-refractivity contribution in [3.05, 3.63) is 29.3 Å². The molecular weight excluding hydrogens is 205 g/mol. The number of ether oxygens (including phenoxy) is 1. The molecule has 0 aliphatic heterocycles. The van der Waals surface area contributed by atoms with Gasteiger partial charge in [-0.05, 0) is 32.4 Å². The van der Waals surface area contributed by atoms with Crippen LogP contribution in [0.2, 0.25) is 0 Å². The third-order valence-corrected chi connectivity index (χ3v) is 2.10. The molecule has 0 bridgehead atoms. The molecule has 0 aliphatic carbocycles. The van der Waals surface area contributed by atoms with E-state index in [0.717, 1.165) is 12.5 Å². The summed E-state index contributed by atoms with van der Waals surface area (Å²) in [6.07, 6.45) is -6.10. The molecule has 0 spiro atoms. The summed E-state index contributed by atoms with van der Waals surface area (Å²) in [5, 5.41) is 0. The molecule has 0 N–H and O–H groups in total. The Bertz CT molecular complexity index is 344. The average Bonchev–Trinajstić information content (AvgIpc) is 2.08. The second-order valence-electron chi connectivity index (χ2n) is 3.57. The SMILES string of the molecule is Cc1ccc(O[C@@H](C)C(F)(F)F)c(C)c1. The number of hydrogen-bond acceptors (Lipinski definition) is 1. The lowest BCUT2D eigenvalue weighted by atomic mass is 10.1. The molecule has 84 valence electrons. The fraction of sp³-hybridized carbons (Fsp3) is 0.455. The van der Waals surface area contributed by atoms with E-state index in [1.165, 1.54) is 0 Å². The van der Waals surface area contributed by atoms with Crippen molar-refractivity contribution >= 4 is 0 Å². The van der Waals surface area contributed by atoms with Crippen molar-refractivity contribution in [3.63, 3.8) is 0 Å². The average molecular weight is 218 g/mol. The zero-order chi connectivity index (χ0) is 11.6. The monoisotopic (exact) mass is 218 g/mol. The third kappa shape index (κ3) is 3.15. The zero-order valence-electron chi connectivity index (χ0n) is 8.85. The van der Waals surface area contributed by atoms with Crippen LogP contribution in [0.25, 0.3) is 0 Å². The Morgan fingerprint density at radius 2 is 1.80 bits per heavy atom. The van der Waals surface area contributed by atoms with E-state index in [2.05, 4.69) is 0 Å². The van der Waals surface area contributed by atoms with E-state index in [1.54, 1.807) is 25.1 Å². The van der Waals surface area contributed by atoms with Gasteiger partial charge in [0.2, 0.25) is 0 Å². The predicted octanol–water partition coefficient (Wildman–Crippen LogP) is 3.63. The Morgan fingerprint density at radius 1 is 1.20 bits per heavy atom. The van der Waals surface area contributed by atoms with Gasteiger partial charge in [0.05, 0.1) is 0 Å². The maximum Gasteiger partial charge on any atom is 0.425 e. The van der Waals surface area contributed by atoms with Crippen LogP contribution in [-0.4, -0.2) is 12.3 Å². The summed E-state index contributed by atoms with van der Waals surface area (Å²) in [5.41, 5.74) is 1.71. The van der Waals surface area contributed by atoms with Crippen molar-refractivity contribution in [1.29, 1.82) is 0 Å². The highest BCUT2D eigenvalue weighted by molar-refractivity contribution is 5.35. The van der Waals surface area contributed by atoms with Gasteiger partial charge in [0.25, 0.3) is 0 Å². The molecule has 0 heterocycles. The minimum atomic E-state index is -4.32. The van der Waals surface area contributed by atoms with Gasteiger partial charge >= 0.3 is 6.18 Å². The standard InChI is InChI=1S/C11H13F3O/c1-7-4-5-10(8(2)6-7)15-9(3)11(12,13)14/h4-6,9H,1-3H3/t9-/m0/s1. The van der Waals surface area contributed by atoms with Crippen LogP contribution in [0.15, 0.2) is 18.2 Å². The Kier molecular flexibility index (Phi) is 3.27. The highest BCUT2D eigenvalue weighted by Gasteiger charge is 2.38. The molecule has 1 nitrogen and oxygen atoms in total. The summed E-state index contributed by atoms with van der Waals surface area (Å²) in [7, 11) is 0. The number of halogens is 3. The quantitative estimate of drug-likeness (QED) is 0.736. The molecule has 0 amide bonds. The fourth-order valence-electron chi connectivity index (χ4n) is 1.19. The van der Waals surface area contributed by atoms with E-state index in [0.29, 0.717) is 5.56 Å². The van der Waals surface area contributed by atoms with Gasteiger partial charge in [0.1, 0.15) is 5.75 Å². The molecule has 0 unspecified atom stereocenters. The van der Waals surface area contributed by atoms with Crippen molar-refractivity contribution in [2.24, 2.45) is 0 Å². The molecule has 1 aromatic rings. The highest BCUT2D eigenvalue weighted by atomic mass is 19.4. The van der Waals surface area contributed by atoms with E-state index in [9.17, 15) is 13.2 Å². The first kappa shape index (κ1) is 11.9. The molecule has 0 saturated carbocycles. The molecule has 15 heavy (non-hydrogen) atoms. The molecule has 1 aromatic carbocycles. The van der Waals surface area contributed by atoms with Gasteiger partial charge in [-0.15, -0.1) is 0 Å². The molecule has 0 saturated heterocycles. The van der Waals surface area contributed by atoms with Crippen LogP contribution in [0.1, 0.15) is 18.1 Å². The van der Waals surface area contributed by atoms with Crippen molar-refractivity contribution < 1.29 is 17.9 Å². The lowest BCUT2D eigenvalue weighted by molar-refractivity contribution is -0.189. The van der Waals surface area contributed by atoms with Gasteiger partial charge in [-0.25, -0.2) is 0 Å². The van der Waals surface area contributed by atoms with E-state index in [4.69, 9.17) is 4.74 Å². The number of rotatable bonds is 2. The molecule has 1 rings (SSSR count). The van der Waals surface area contributed by atoms with Crippen LogP contribution < -0.4 is 4.74 Å². The first-order valence-electron chi connectivity index (χ1n) is 4.61. The van der Waals surface area contributed by atoms with Gasteiger partial charge < -0.3 is 4.74 Å². The number of benzene rings is 1. The lowest BCUT2D eigenvalue weighted by Gasteiger charge is -2.19. The van der Waals surface area contributed by atoms with Crippen LogP contribution in [0.4, 0.5) is 13.2 Å². The normalized spacial score (nSPS) is 13.7. The van der Waals surface area contributed by atoms with E-state index in [-0.39, 0.29) is 5.75 Å². The second kappa shape index (κ2) is 4.13. The van der Waals surface area contributed by atoms with Crippen molar-refractivity contribution in [1.82, 2.24) is 0 Å². The zero-order valence-corrected chi connectivity index (χ0v) is 8.85. The molecule has 0 fully saturated rings. The minimum absolute atomic E-state index is 0.283. The van der Waals surface area contributed by atoms with Gasteiger partial charge in [-0.1, -0.05) is 17.7 Å². The Hall–Kier alpha value is -1.19. The lowest BCUT2D eigenvalue weighted by Crippen LogP contribution is -2.31. The Labute approximate surface area is 86.9 Å². The van der Waals surface area contributed by atoms with Crippen LogP contribution >= 0.6 is 0 Å². The number of aryl methyl sites for hydroxylation is 2. The summed E-state index contributed by atoms with van der Waals surface area (Å²) in [6, 6.07) is 5.08. The second-order valence-corrected chi connectivity index (χ2v) is 3.57. The third-order valence-electron chi connectivity index (χ3n) is 2.10. The summed E-state index contributed by atoms with van der Waals surface area (Å²) in [4.78, 5) is 0. The van der Waals surface area contributed by atoms with Crippen molar-refractivity contribution in [2.75, 3.05) is 0 Å². The van der Waals surface area contributed by atoms with Gasteiger partial charge in [-0.2, -0.15) is 13.2 Å². The van der Waals surface area contributed by atoms with Gasteiger partial charge in [0, 0.05) is 0 Å². The summed E-state index contributed by atoms with van der Waals surface area (Å²) >= 11 is 0. The summed E-state index contributed by atoms with van der Waals surface area (Å²) in [6.45, 7) is 4.61. The van der Waals surface area contributed by atoms with E-state index >= 15 is 0 Å². The Balaban J connectivity index is 2.82. The first-order chi connectivity index (χ1) is 6.80. The fourth-order valence-corrected chi connectivity index (χ4v) is 1.19. The molecular formula is C11H13F3O. The molecule has 0 aliphatic rings. The molecule has 0 radical (unpaired) electrons. The smallest absolute Gasteiger partial charge is 0.425 e. The van der Waals surface area contributed by atoms with Crippen LogP contribution in [0.5, 0.6) is 5.75 Å². The van der Waals surface area contributed by atoms with Crippen molar-refractivity contribution in [3.8, 4) is 5.75 Å². The first-order valence-corrected chi connectivity index (χ1v) is 4.61. The van der Waals surface area contributed by atoms with Crippen LogP contribution in [0.3, 0.4) is 0 Å². The van der Waals surface area contributed by atoms with Gasteiger partial charge in [-0.3, -0.25) is 0 Å². The van der Waals surface area contributed by atoms with E-state index in [1.807, 2.05) is 6.92 Å². The van der Waals surface area contributed by atoms with Crippen LogP contribution in [0, 0.1) is 13.8 Å². The molecule has 1 atom stereocenters. The highest BCUT2D eigenvalue weighted by Crippen LogP contribution is 2.27. The minimum Gasteiger partial charge on any atom is -0.481 e. The molecule has 0 aromatic heterocycles.